The second-order valence-electron chi connectivity index (χ2n) is 1.50. The van der Waals surface area contributed by atoms with Crippen LogP contribution in [0.1, 0.15) is 6.42 Å². The van der Waals surface area contributed by atoms with Crippen molar-refractivity contribution in [1.29, 1.82) is 0 Å². The van der Waals surface area contributed by atoms with Gasteiger partial charge in [-0.1, -0.05) is 0 Å². The zero-order chi connectivity index (χ0) is 6.95. The van der Waals surface area contributed by atoms with Crippen LogP contribution in [0.2, 0.25) is 0 Å². The van der Waals surface area contributed by atoms with Crippen LogP contribution in [0.25, 0.3) is 5.73 Å². The summed E-state index contributed by atoms with van der Waals surface area (Å²) in [6, 6.07) is 0. The second-order valence-corrected chi connectivity index (χ2v) is 1.50. The van der Waals surface area contributed by atoms with Gasteiger partial charge in [-0.15, -0.1) is 25.6 Å². The van der Waals surface area contributed by atoms with Gasteiger partial charge in [-0.25, -0.2) is 12.2 Å². The van der Waals surface area contributed by atoms with Crippen molar-refractivity contribution in [2.24, 2.45) is 0 Å². The summed E-state index contributed by atoms with van der Waals surface area (Å²) in [6.07, 6.45) is 11.5. The molecule has 0 aliphatic heterocycles. The van der Waals surface area contributed by atoms with Crippen LogP contribution in [0.4, 0.5) is 0 Å². The van der Waals surface area contributed by atoms with Crippen molar-refractivity contribution >= 4 is 0 Å². The second kappa shape index (κ2) is 11.7. The van der Waals surface area contributed by atoms with Gasteiger partial charge in [-0.2, -0.15) is 6.08 Å². The molecule has 0 saturated heterocycles. The first-order chi connectivity index (χ1) is 4.41. The van der Waals surface area contributed by atoms with Crippen LogP contribution < -0.4 is 0 Å². The predicted octanol–water partition coefficient (Wildman–Crippen LogP) is 2.53. The maximum absolute atomic E-state index is 6.33. The number of hydrogen-bond acceptors (Lipinski definition) is 0. The topological polar surface area (TPSA) is 23.8 Å². The summed E-state index contributed by atoms with van der Waals surface area (Å²) in [4.78, 5) is 0. The molecule has 0 spiro atoms. The molecule has 0 radical (unpaired) electrons. The van der Waals surface area contributed by atoms with Crippen molar-refractivity contribution in [2.45, 2.75) is 6.42 Å². The molecule has 0 aromatic heterocycles. The Kier molecular flexibility index (Phi) is 14.6. The zero-order valence-electron chi connectivity index (χ0n) is 5.93. The Morgan fingerprint density at radius 2 is 2.30 bits per heavy atom. The van der Waals surface area contributed by atoms with Gasteiger partial charge in [0, 0.05) is 0 Å². The smallest absolute Gasteiger partial charge is 0.674 e. The molecular weight excluding hydrogens is 158 g/mol. The first-order valence-electron chi connectivity index (χ1n) is 2.89. The first-order valence-corrected chi connectivity index (χ1v) is 2.89. The molecule has 2 heteroatoms. The normalized spacial score (nSPS) is 11.3. The number of hydrogen-bond donors (Lipinski definition) is 0. The fraction of sp³-hybridized carbons (Fsp3) is 0.250. The van der Waals surface area contributed by atoms with E-state index in [1.807, 2.05) is 12.2 Å². The monoisotopic (exact) mass is 169 g/mol. The molecule has 52 valence electrons. The van der Waals surface area contributed by atoms with E-state index >= 15 is 0 Å². The van der Waals surface area contributed by atoms with E-state index in [1.165, 1.54) is 0 Å². The van der Waals surface area contributed by atoms with Gasteiger partial charge < -0.3 is 5.73 Å². The van der Waals surface area contributed by atoms with Crippen molar-refractivity contribution in [3.63, 3.8) is 0 Å². The molecular formula is C8H11NTi. The summed E-state index contributed by atoms with van der Waals surface area (Å²) in [5.41, 5.74) is 6.33. The largest absolute Gasteiger partial charge is 2.00 e. The average Bonchev–Trinajstić information content (AvgIpc) is 2.43. The van der Waals surface area contributed by atoms with Crippen LogP contribution >= 0.6 is 0 Å². The Morgan fingerprint density at radius 1 is 1.70 bits per heavy atom. The fourth-order valence-corrected chi connectivity index (χ4v) is 0.340. The first kappa shape index (κ1) is 12.6. The molecule has 0 unspecified atom stereocenters. The molecule has 0 atom stereocenters. The molecule has 10 heavy (non-hydrogen) atoms. The molecule has 0 amide bonds. The quantitative estimate of drug-likeness (QED) is 0.327. The summed E-state index contributed by atoms with van der Waals surface area (Å²) in [5, 5.41) is 0. The summed E-state index contributed by atoms with van der Waals surface area (Å²) in [6.45, 7) is 3.62. The molecule has 0 aromatic carbocycles. The van der Waals surface area contributed by atoms with Crippen molar-refractivity contribution in [3.8, 4) is 0 Å². The predicted molar refractivity (Wildman–Crippen MR) is 41.0 cm³/mol. The maximum Gasteiger partial charge on any atom is 2.00 e. The third-order valence-corrected chi connectivity index (χ3v) is 0.730. The molecule has 1 N–H and O–H groups in total. The van der Waals surface area contributed by atoms with E-state index in [2.05, 4.69) is 18.7 Å². The van der Waals surface area contributed by atoms with Gasteiger partial charge in [0.1, 0.15) is 0 Å². The van der Waals surface area contributed by atoms with Gasteiger partial charge in [-0.3, -0.25) is 6.08 Å². The van der Waals surface area contributed by atoms with Gasteiger partial charge in [0.25, 0.3) is 0 Å². The Bertz CT molecular complexity index is 106. The molecule has 1 nitrogen and oxygen atoms in total. The van der Waals surface area contributed by atoms with Crippen molar-refractivity contribution in [3.05, 3.63) is 42.7 Å². The van der Waals surface area contributed by atoms with Crippen LogP contribution in [0, 0.1) is 6.08 Å². The molecule has 1 rings (SSSR count). The van der Waals surface area contributed by atoms with Crippen molar-refractivity contribution in [2.75, 3.05) is 6.54 Å². The third-order valence-electron chi connectivity index (χ3n) is 0.730. The molecule has 0 heterocycles. The Labute approximate surface area is 77.6 Å². The van der Waals surface area contributed by atoms with Crippen LogP contribution in [0.15, 0.2) is 30.9 Å². The molecule has 1 aliphatic carbocycles. The Morgan fingerprint density at radius 3 is 2.40 bits per heavy atom. The molecule has 1 aliphatic rings. The minimum absolute atomic E-state index is 0. The maximum atomic E-state index is 6.33. The molecule has 0 bridgehead atoms. The number of nitrogens with one attached hydrogen (secondary N) is 1. The van der Waals surface area contributed by atoms with Crippen molar-refractivity contribution in [1.82, 2.24) is 0 Å². The van der Waals surface area contributed by atoms with E-state index in [0.717, 1.165) is 6.42 Å². The zero-order valence-corrected chi connectivity index (χ0v) is 7.49. The minimum atomic E-state index is 0. The van der Waals surface area contributed by atoms with Crippen LogP contribution in [-0.2, 0) is 21.7 Å². The van der Waals surface area contributed by atoms with E-state index in [0.29, 0.717) is 6.54 Å². The SMILES string of the molecule is C=CC[NH-].[C-]1=CC=CC1.[Ti+2]. The summed E-state index contributed by atoms with van der Waals surface area (Å²) >= 11 is 0. The van der Waals surface area contributed by atoms with E-state index in [1.54, 1.807) is 6.08 Å². The molecule has 0 saturated carbocycles. The van der Waals surface area contributed by atoms with Gasteiger partial charge >= 0.3 is 21.7 Å². The molecule has 0 aromatic rings. The van der Waals surface area contributed by atoms with E-state index in [-0.39, 0.29) is 21.7 Å². The minimum Gasteiger partial charge on any atom is -0.674 e. The Hall–Kier alpha value is -0.106. The van der Waals surface area contributed by atoms with Crippen molar-refractivity contribution < 1.29 is 21.7 Å². The Balaban J connectivity index is 0. The van der Waals surface area contributed by atoms with Crippen LogP contribution in [0.3, 0.4) is 0 Å². The van der Waals surface area contributed by atoms with Gasteiger partial charge in [0.2, 0.25) is 0 Å². The average molecular weight is 169 g/mol. The third kappa shape index (κ3) is 10.8. The summed E-state index contributed by atoms with van der Waals surface area (Å²) < 4.78 is 0. The van der Waals surface area contributed by atoms with E-state index in [4.69, 9.17) is 5.73 Å². The number of rotatable bonds is 1. The van der Waals surface area contributed by atoms with Gasteiger partial charge in [0.05, 0.1) is 0 Å². The van der Waals surface area contributed by atoms with Crippen LogP contribution in [0.5, 0.6) is 0 Å². The van der Waals surface area contributed by atoms with E-state index in [9.17, 15) is 0 Å². The van der Waals surface area contributed by atoms with Gasteiger partial charge in [0.15, 0.2) is 0 Å². The van der Waals surface area contributed by atoms with Gasteiger partial charge in [-0.05, 0) is 0 Å². The van der Waals surface area contributed by atoms with Crippen LogP contribution in [-0.4, -0.2) is 6.54 Å². The number of allylic oxidation sites excluding steroid dienone is 4. The molecule has 0 fully saturated rings. The van der Waals surface area contributed by atoms with E-state index < -0.39 is 0 Å². The summed E-state index contributed by atoms with van der Waals surface area (Å²) in [7, 11) is 0. The summed E-state index contributed by atoms with van der Waals surface area (Å²) in [5.74, 6) is 0. The standard InChI is InChI=1S/C5H5.C3H6N.Ti/c1-2-4-5-3-1;1-2-3-4;/h1-3H,4H2;2,4H,1,3H2;/q2*-1;+2. The fourth-order valence-electron chi connectivity index (χ4n) is 0.340.